The monoisotopic (exact) mass is 342 g/mol. The summed E-state index contributed by atoms with van der Waals surface area (Å²) in [5, 5.41) is 12.5. The van der Waals surface area contributed by atoms with Crippen LogP contribution in [0.4, 0.5) is 0 Å². The third-order valence-electron chi connectivity index (χ3n) is 4.07. The van der Waals surface area contributed by atoms with Crippen molar-refractivity contribution >= 4 is 24.3 Å². The standard InChI is InChI=1S/C16H22N2O4.ClH/c1-22-16(21)11-4-2-10(3-5-11)9-18-15(20)12-6-7-14(19)13(17)8-12;/h2-5,12-14,19H,6-9,17H2,1H3,(H,18,20);1H/t12-,13+,14+;/m0./s1. The number of aliphatic hydroxyl groups excluding tert-OH is 1. The number of halogens is 1. The molecule has 0 aromatic heterocycles. The first-order chi connectivity index (χ1) is 10.5. The molecule has 0 bridgehead atoms. The molecule has 3 atom stereocenters. The number of hydrogen-bond acceptors (Lipinski definition) is 5. The lowest BCUT2D eigenvalue weighted by Crippen LogP contribution is -2.44. The van der Waals surface area contributed by atoms with E-state index in [1.165, 1.54) is 7.11 Å². The van der Waals surface area contributed by atoms with Gasteiger partial charge in [-0.2, -0.15) is 0 Å². The molecule has 6 nitrogen and oxygen atoms in total. The molecule has 0 saturated heterocycles. The molecule has 128 valence electrons. The van der Waals surface area contributed by atoms with E-state index in [1.54, 1.807) is 24.3 Å². The summed E-state index contributed by atoms with van der Waals surface area (Å²) >= 11 is 0. The topological polar surface area (TPSA) is 102 Å². The highest BCUT2D eigenvalue weighted by molar-refractivity contribution is 5.89. The van der Waals surface area contributed by atoms with Gasteiger partial charge in [0.15, 0.2) is 0 Å². The maximum Gasteiger partial charge on any atom is 0.337 e. The number of aliphatic hydroxyl groups is 1. The normalized spacial score (nSPS) is 23.5. The Morgan fingerprint density at radius 1 is 1.30 bits per heavy atom. The molecule has 1 fully saturated rings. The van der Waals surface area contributed by atoms with E-state index in [4.69, 9.17) is 5.73 Å². The average molecular weight is 343 g/mol. The van der Waals surface area contributed by atoms with Gasteiger partial charge in [-0.3, -0.25) is 4.79 Å². The van der Waals surface area contributed by atoms with Gasteiger partial charge in [-0.25, -0.2) is 4.79 Å². The number of ether oxygens (including phenoxy) is 1. The van der Waals surface area contributed by atoms with Crippen molar-refractivity contribution in [1.29, 1.82) is 0 Å². The number of nitrogens with two attached hydrogens (primary N) is 1. The maximum absolute atomic E-state index is 12.1. The van der Waals surface area contributed by atoms with E-state index >= 15 is 0 Å². The van der Waals surface area contributed by atoms with Crippen LogP contribution in [-0.4, -0.2) is 36.2 Å². The summed E-state index contributed by atoms with van der Waals surface area (Å²) in [6.07, 6.45) is 1.22. The number of methoxy groups -OCH3 is 1. The SMILES string of the molecule is COC(=O)c1ccc(CNC(=O)[C@H]2CC[C@@H](O)[C@H](N)C2)cc1.Cl. The Bertz CT molecular complexity index is 535. The zero-order valence-corrected chi connectivity index (χ0v) is 13.8. The quantitative estimate of drug-likeness (QED) is 0.708. The van der Waals surface area contributed by atoms with Crippen LogP contribution in [0.15, 0.2) is 24.3 Å². The van der Waals surface area contributed by atoms with Crippen LogP contribution in [0.2, 0.25) is 0 Å². The van der Waals surface area contributed by atoms with Crippen molar-refractivity contribution in [1.82, 2.24) is 5.32 Å². The van der Waals surface area contributed by atoms with Crippen LogP contribution < -0.4 is 11.1 Å². The predicted molar refractivity (Wildman–Crippen MR) is 88.2 cm³/mol. The van der Waals surface area contributed by atoms with Crippen molar-refractivity contribution in [2.75, 3.05) is 7.11 Å². The number of nitrogens with one attached hydrogen (secondary N) is 1. The first kappa shape index (κ1) is 19.4. The molecule has 4 N–H and O–H groups in total. The molecule has 1 aliphatic rings. The summed E-state index contributed by atoms with van der Waals surface area (Å²) in [6, 6.07) is 6.57. The van der Waals surface area contributed by atoms with Crippen LogP contribution in [-0.2, 0) is 16.1 Å². The maximum atomic E-state index is 12.1. The van der Waals surface area contributed by atoms with Crippen LogP contribution in [0.25, 0.3) is 0 Å². The van der Waals surface area contributed by atoms with Crippen molar-refractivity contribution in [3.05, 3.63) is 35.4 Å². The highest BCUT2D eigenvalue weighted by Gasteiger charge is 2.30. The first-order valence-electron chi connectivity index (χ1n) is 7.40. The summed E-state index contributed by atoms with van der Waals surface area (Å²) in [4.78, 5) is 23.5. The Morgan fingerprint density at radius 2 is 1.96 bits per heavy atom. The molecule has 2 rings (SSSR count). The molecule has 0 heterocycles. The fourth-order valence-electron chi connectivity index (χ4n) is 2.64. The predicted octanol–water partition coefficient (Wildman–Crippen LogP) is 0.999. The fourth-order valence-corrected chi connectivity index (χ4v) is 2.64. The lowest BCUT2D eigenvalue weighted by atomic mass is 9.83. The van der Waals surface area contributed by atoms with E-state index in [2.05, 4.69) is 10.1 Å². The minimum atomic E-state index is -0.505. The van der Waals surface area contributed by atoms with Gasteiger partial charge >= 0.3 is 5.97 Å². The van der Waals surface area contributed by atoms with Crippen molar-refractivity contribution in [2.24, 2.45) is 11.7 Å². The van der Waals surface area contributed by atoms with Gasteiger partial charge in [0.1, 0.15) is 0 Å². The molecular formula is C16H23ClN2O4. The zero-order chi connectivity index (χ0) is 16.1. The van der Waals surface area contributed by atoms with E-state index in [-0.39, 0.29) is 36.2 Å². The minimum absolute atomic E-state index is 0. The number of hydrogen-bond donors (Lipinski definition) is 3. The molecule has 1 aromatic rings. The lowest BCUT2D eigenvalue weighted by molar-refractivity contribution is -0.127. The van der Waals surface area contributed by atoms with Gasteiger partial charge in [-0.05, 0) is 37.0 Å². The first-order valence-corrected chi connectivity index (χ1v) is 7.40. The Labute approximate surface area is 141 Å². The second-order valence-corrected chi connectivity index (χ2v) is 5.65. The third-order valence-corrected chi connectivity index (χ3v) is 4.07. The van der Waals surface area contributed by atoms with E-state index in [1.807, 2.05) is 0 Å². The molecule has 1 aromatic carbocycles. The molecule has 1 amide bonds. The molecule has 23 heavy (non-hydrogen) atoms. The summed E-state index contributed by atoms with van der Waals surface area (Å²) in [6.45, 7) is 0.397. The molecular weight excluding hydrogens is 320 g/mol. The van der Waals surface area contributed by atoms with Crippen LogP contribution in [0.1, 0.15) is 35.2 Å². The van der Waals surface area contributed by atoms with E-state index in [0.717, 1.165) is 5.56 Å². The van der Waals surface area contributed by atoms with E-state index in [9.17, 15) is 14.7 Å². The molecule has 7 heteroatoms. The molecule has 0 radical (unpaired) electrons. The number of rotatable bonds is 4. The Morgan fingerprint density at radius 3 is 2.52 bits per heavy atom. The lowest BCUT2D eigenvalue weighted by Gasteiger charge is -2.30. The van der Waals surface area contributed by atoms with Gasteiger partial charge in [0.05, 0.1) is 18.8 Å². The largest absolute Gasteiger partial charge is 0.465 e. The summed E-state index contributed by atoms with van der Waals surface area (Å²) < 4.78 is 4.63. The molecule has 1 saturated carbocycles. The Hall–Kier alpha value is -1.63. The third kappa shape index (κ3) is 5.20. The van der Waals surface area contributed by atoms with Gasteiger partial charge in [0, 0.05) is 18.5 Å². The van der Waals surface area contributed by atoms with E-state index in [0.29, 0.717) is 31.4 Å². The van der Waals surface area contributed by atoms with Crippen LogP contribution in [0.3, 0.4) is 0 Å². The Kier molecular flexibility index (Phi) is 7.48. The summed E-state index contributed by atoms with van der Waals surface area (Å²) in [7, 11) is 1.34. The van der Waals surface area contributed by atoms with Gasteiger partial charge in [0.25, 0.3) is 0 Å². The summed E-state index contributed by atoms with van der Waals surface area (Å²) in [5.74, 6) is -0.572. The Balaban J connectivity index is 0.00000264. The van der Waals surface area contributed by atoms with Gasteiger partial charge in [0.2, 0.25) is 5.91 Å². The summed E-state index contributed by atoms with van der Waals surface area (Å²) in [5.41, 5.74) is 7.18. The van der Waals surface area contributed by atoms with Crippen LogP contribution >= 0.6 is 12.4 Å². The number of benzene rings is 1. The van der Waals surface area contributed by atoms with Gasteiger partial charge in [-0.1, -0.05) is 12.1 Å². The smallest absolute Gasteiger partial charge is 0.337 e. The molecule has 0 aliphatic heterocycles. The second-order valence-electron chi connectivity index (χ2n) is 5.65. The molecule has 1 aliphatic carbocycles. The minimum Gasteiger partial charge on any atom is -0.465 e. The zero-order valence-electron chi connectivity index (χ0n) is 13.0. The highest BCUT2D eigenvalue weighted by atomic mass is 35.5. The van der Waals surface area contributed by atoms with Gasteiger partial charge < -0.3 is 20.9 Å². The number of amides is 1. The van der Waals surface area contributed by atoms with Gasteiger partial charge in [-0.15, -0.1) is 12.4 Å². The molecule has 0 unspecified atom stereocenters. The van der Waals surface area contributed by atoms with Crippen molar-refractivity contribution < 1.29 is 19.4 Å². The van der Waals surface area contributed by atoms with Crippen LogP contribution in [0.5, 0.6) is 0 Å². The fraction of sp³-hybridized carbons (Fsp3) is 0.500. The van der Waals surface area contributed by atoms with Crippen LogP contribution in [0, 0.1) is 5.92 Å². The van der Waals surface area contributed by atoms with Crippen molar-refractivity contribution in [3.63, 3.8) is 0 Å². The number of carbonyl (C=O) groups is 2. The van der Waals surface area contributed by atoms with Crippen molar-refractivity contribution in [2.45, 2.75) is 38.0 Å². The number of carbonyl (C=O) groups excluding carboxylic acids is 2. The van der Waals surface area contributed by atoms with Crippen molar-refractivity contribution in [3.8, 4) is 0 Å². The average Bonchev–Trinajstić information content (AvgIpc) is 2.54. The highest BCUT2D eigenvalue weighted by Crippen LogP contribution is 2.23. The number of esters is 1. The van der Waals surface area contributed by atoms with E-state index < -0.39 is 6.10 Å². The second kappa shape index (κ2) is 8.86. The molecule has 0 spiro atoms.